The molecule has 0 amide bonds. The first-order chi connectivity index (χ1) is 10.4. The predicted molar refractivity (Wildman–Crippen MR) is 96.5 cm³/mol. The van der Waals surface area contributed by atoms with E-state index in [0.29, 0.717) is 10.5 Å². The van der Waals surface area contributed by atoms with E-state index in [1.54, 1.807) is 0 Å². The maximum Gasteiger partial charge on any atom is 0.0494 e. The molecule has 0 aromatic heterocycles. The van der Waals surface area contributed by atoms with Crippen molar-refractivity contribution in [3.63, 3.8) is 0 Å². The van der Waals surface area contributed by atoms with E-state index in [4.69, 9.17) is 0 Å². The molecule has 2 aliphatic carbocycles. The molecule has 2 aliphatic rings. The monoisotopic (exact) mass is 308 g/mol. The molecular formula is C19H16S2. The van der Waals surface area contributed by atoms with E-state index in [-0.39, 0.29) is 0 Å². The third kappa shape index (κ3) is 2.58. The molecular weight excluding hydrogens is 292 g/mol. The minimum atomic E-state index is 0.523. The lowest BCUT2D eigenvalue weighted by atomic mass is 10.1. The van der Waals surface area contributed by atoms with E-state index >= 15 is 0 Å². The van der Waals surface area contributed by atoms with E-state index in [1.165, 1.54) is 22.3 Å². The lowest BCUT2D eigenvalue weighted by Crippen LogP contribution is -1.91. The molecule has 0 heterocycles. The highest BCUT2D eigenvalue weighted by Gasteiger charge is 2.20. The van der Waals surface area contributed by atoms with Crippen LogP contribution in [0.15, 0.2) is 60.7 Å². The van der Waals surface area contributed by atoms with Gasteiger partial charge in [-0.3, -0.25) is 0 Å². The van der Waals surface area contributed by atoms with Gasteiger partial charge in [-0.2, -0.15) is 0 Å². The van der Waals surface area contributed by atoms with Crippen LogP contribution in [0.4, 0.5) is 0 Å². The number of benzene rings is 2. The van der Waals surface area contributed by atoms with Gasteiger partial charge in [-0.05, 0) is 22.3 Å². The van der Waals surface area contributed by atoms with E-state index in [9.17, 15) is 0 Å². The van der Waals surface area contributed by atoms with Crippen molar-refractivity contribution in [2.45, 2.75) is 10.5 Å². The third-order valence-electron chi connectivity index (χ3n) is 4.00. The van der Waals surface area contributed by atoms with Gasteiger partial charge >= 0.3 is 0 Å². The van der Waals surface area contributed by atoms with Crippen LogP contribution in [0.25, 0.3) is 12.2 Å². The Balaban J connectivity index is 1.38. The van der Waals surface area contributed by atoms with Crippen molar-refractivity contribution in [3.8, 4) is 0 Å². The van der Waals surface area contributed by atoms with Crippen molar-refractivity contribution in [1.29, 1.82) is 0 Å². The molecule has 2 atom stereocenters. The van der Waals surface area contributed by atoms with Gasteiger partial charge in [0.25, 0.3) is 0 Å². The SMILES string of the molecule is C1=CC(SCSC2C=Cc3ccccc32)c2ccccc21. The summed E-state index contributed by atoms with van der Waals surface area (Å²) in [5.74, 6) is 0. The first kappa shape index (κ1) is 13.3. The molecule has 0 fully saturated rings. The maximum absolute atomic E-state index is 2.33. The van der Waals surface area contributed by atoms with Crippen LogP contribution in [0.3, 0.4) is 0 Å². The van der Waals surface area contributed by atoms with Crippen LogP contribution >= 0.6 is 23.5 Å². The molecule has 4 rings (SSSR count). The molecule has 2 heteroatoms. The number of rotatable bonds is 4. The molecule has 0 nitrogen and oxygen atoms in total. The van der Waals surface area contributed by atoms with Crippen molar-refractivity contribution in [3.05, 3.63) is 82.9 Å². The summed E-state index contributed by atoms with van der Waals surface area (Å²) in [7, 11) is 0. The normalized spacial score (nSPS) is 21.5. The molecule has 2 aromatic carbocycles. The predicted octanol–water partition coefficient (Wildman–Crippen LogP) is 5.95. The number of hydrogen-bond donors (Lipinski definition) is 0. The summed E-state index contributed by atoms with van der Waals surface area (Å²) in [5.41, 5.74) is 5.69. The average molecular weight is 308 g/mol. The van der Waals surface area contributed by atoms with Crippen LogP contribution in [0.1, 0.15) is 32.8 Å². The van der Waals surface area contributed by atoms with Crippen LogP contribution in [-0.4, -0.2) is 5.08 Å². The van der Waals surface area contributed by atoms with Crippen LogP contribution in [0, 0.1) is 0 Å². The zero-order valence-corrected chi connectivity index (χ0v) is 13.2. The molecule has 0 aliphatic heterocycles. The average Bonchev–Trinajstić information content (AvgIpc) is 3.13. The minimum Gasteiger partial charge on any atom is -0.139 e. The molecule has 0 N–H and O–H groups in total. The summed E-state index contributed by atoms with van der Waals surface area (Å²) in [6.45, 7) is 0. The second-order valence-electron chi connectivity index (χ2n) is 5.27. The quantitative estimate of drug-likeness (QED) is 0.640. The van der Waals surface area contributed by atoms with Gasteiger partial charge in [0.15, 0.2) is 0 Å². The van der Waals surface area contributed by atoms with Crippen LogP contribution in [0.2, 0.25) is 0 Å². The highest BCUT2D eigenvalue weighted by molar-refractivity contribution is 8.16. The zero-order chi connectivity index (χ0) is 14.1. The smallest absolute Gasteiger partial charge is 0.0494 e. The highest BCUT2D eigenvalue weighted by Crippen LogP contribution is 2.44. The molecule has 2 aromatic rings. The lowest BCUT2D eigenvalue weighted by Gasteiger charge is -2.13. The second-order valence-corrected chi connectivity index (χ2v) is 7.89. The molecule has 0 spiro atoms. The number of hydrogen-bond acceptors (Lipinski definition) is 2. The Kier molecular flexibility index (Phi) is 3.66. The van der Waals surface area contributed by atoms with Crippen molar-refractivity contribution in [2.75, 3.05) is 5.08 Å². The maximum atomic E-state index is 2.33. The Bertz CT molecular complexity index is 654. The van der Waals surface area contributed by atoms with Crippen LogP contribution in [0.5, 0.6) is 0 Å². The van der Waals surface area contributed by atoms with Gasteiger partial charge in [-0.25, -0.2) is 0 Å². The van der Waals surface area contributed by atoms with Crippen LogP contribution in [-0.2, 0) is 0 Å². The fourth-order valence-electron chi connectivity index (χ4n) is 2.91. The van der Waals surface area contributed by atoms with Crippen molar-refractivity contribution in [2.24, 2.45) is 0 Å². The van der Waals surface area contributed by atoms with Gasteiger partial charge in [0.05, 0.1) is 0 Å². The molecule has 0 saturated carbocycles. The summed E-state index contributed by atoms with van der Waals surface area (Å²) >= 11 is 4.06. The Morgan fingerprint density at radius 3 is 1.67 bits per heavy atom. The molecule has 2 unspecified atom stereocenters. The second kappa shape index (κ2) is 5.78. The highest BCUT2D eigenvalue weighted by atomic mass is 32.2. The fraction of sp³-hybridized carbons (Fsp3) is 0.158. The molecule has 0 radical (unpaired) electrons. The van der Waals surface area contributed by atoms with Crippen LogP contribution < -0.4 is 0 Å². The van der Waals surface area contributed by atoms with Gasteiger partial charge in [0.2, 0.25) is 0 Å². The van der Waals surface area contributed by atoms with Crippen molar-refractivity contribution in [1.82, 2.24) is 0 Å². The number of thioether (sulfide) groups is 2. The Morgan fingerprint density at radius 2 is 1.14 bits per heavy atom. The summed E-state index contributed by atoms with van der Waals surface area (Å²) < 4.78 is 0. The molecule has 0 bridgehead atoms. The Hall–Kier alpha value is -1.38. The van der Waals surface area contributed by atoms with Gasteiger partial charge in [-0.15, -0.1) is 23.5 Å². The van der Waals surface area contributed by atoms with E-state index in [0.717, 1.165) is 5.08 Å². The standard InChI is InChI=1S/C19H16S2/c1-3-7-16-14(5-1)9-11-18(16)20-13-21-19-12-10-15-6-2-4-8-17(15)19/h1-12,18-19H,13H2. The van der Waals surface area contributed by atoms with E-state index in [1.807, 2.05) is 23.5 Å². The van der Waals surface area contributed by atoms with E-state index < -0.39 is 0 Å². The fourth-order valence-corrected chi connectivity index (χ4v) is 5.56. The Labute approximate surface area is 134 Å². The molecule has 104 valence electrons. The van der Waals surface area contributed by atoms with Crippen molar-refractivity contribution < 1.29 is 0 Å². The first-order valence-corrected chi connectivity index (χ1v) is 9.29. The van der Waals surface area contributed by atoms with Gasteiger partial charge in [0, 0.05) is 15.6 Å². The summed E-state index contributed by atoms with van der Waals surface area (Å²) in [5, 5.41) is 2.16. The number of fused-ring (bicyclic) bond motifs is 2. The summed E-state index contributed by atoms with van der Waals surface area (Å²) in [4.78, 5) is 0. The van der Waals surface area contributed by atoms with Gasteiger partial charge in [-0.1, -0.05) is 72.8 Å². The van der Waals surface area contributed by atoms with Gasteiger partial charge in [0.1, 0.15) is 0 Å². The zero-order valence-electron chi connectivity index (χ0n) is 11.6. The summed E-state index contributed by atoms with van der Waals surface area (Å²) in [6.07, 6.45) is 9.16. The lowest BCUT2D eigenvalue weighted by molar-refractivity contribution is 1.26. The topological polar surface area (TPSA) is 0 Å². The molecule has 0 saturated heterocycles. The first-order valence-electron chi connectivity index (χ1n) is 7.19. The van der Waals surface area contributed by atoms with Crippen molar-refractivity contribution >= 4 is 35.7 Å². The third-order valence-corrected chi connectivity index (χ3v) is 6.63. The van der Waals surface area contributed by atoms with E-state index in [2.05, 4.69) is 72.8 Å². The minimum absolute atomic E-state index is 0.523. The molecule has 21 heavy (non-hydrogen) atoms. The Morgan fingerprint density at radius 1 is 0.667 bits per heavy atom. The van der Waals surface area contributed by atoms with Gasteiger partial charge < -0.3 is 0 Å². The summed E-state index contributed by atoms with van der Waals surface area (Å²) in [6, 6.07) is 17.4. The largest absolute Gasteiger partial charge is 0.139 e.